The Labute approximate surface area is 687 Å². The lowest BCUT2D eigenvalue weighted by atomic mass is 10.1. The van der Waals surface area contributed by atoms with Crippen LogP contribution in [0.1, 0.15) is 106 Å². The van der Waals surface area contributed by atoms with Gasteiger partial charge in [0.1, 0.15) is 36.9 Å². The lowest BCUT2D eigenvalue weighted by molar-refractivity contribution is 0.0921. The number of hydrogen-bond donors (Lipinski definition) is 4. The van der Waals surface area contributed by atoms with E-state index in [9.17, 15) is 36.7 Å². The van der Waals surface area contributed by atoms with Crippen LogP contribution >= 0.6 is 0 Å². The minimum absolute atomic E-state index is 0.0280. The number of carbonyl (C=O) groups is 4. The van der Waals surface area contributed by atoms with Crippen molar-refractivity contribution in [3.05, 3.63) is 279 Å². The molecule has 4 fully saturated rings. The Morgan fingerprint density at radius 3 is 1.24 bits per heavy atom. The van der Waals surface area contributed by atoms with E-state index in [0.717, 1.165) is 133 Å². The molecule has 4 amide bonds. The lowest BCUT2D eigenvalue weighted by Crippen LogP contribution is -2.37. The Hall–Kier alpha value is -15.1. The third-order valence-corrected chi connectivity index (χ3v) is 21.0. The van der Waals surface area contributed by atoms with Crippen LogP contribution in [0.25, 0.3) is 45.1 Å². The summed E-state index contributed by atoms with van der Waals surface area (Å²) in [6.45, 7) is 12.1. The Balaban J connectivity index is 0.000000115. The summed E-state index contributed by atoms with van der Waals surface area (Å²) in [5, 5.41) is 28.8. The van der Waals surface area contributed by atoms with Crippen molar-refractivity contribution in [1.29, 1.82) is 0 Å². The molecular weight excluding hydrogens is 1560 g/mol. The van der Waals surface area contributed by atoms with Crippen LogP contribution in [0.4, 0.5) is 40.8 Å². The highest BCUT2D eigenvalue weighted by atomic mass is 19.2. The maximum Gasteiger partial charge on any atom is 0.291 e. The molecule has 38 heteroatoms. The summed E-state index contributed by atoms with van der Waals surface area (Å²) in [5.74, 6) is 0.0157. The van der Waals surface area contributed by atoms with Gasteiger partial charge in [-0.2, -0.15) is 0 Å². The molecule has 0 unspecified atom stereocenters. The molecule has 16 heterocycles. The number of carbonyl (C=O) groups excluding carboxylic acids is 4. The Kier molecular flexibility index (Phi) is 22.4. The third-order valence-electron chi connectivity index (χ3n) is 21.0. The monoisotopic (exact) mass is 1640 g/mol. The van der Waals surface area contributed by atoms with Crippen LogP contribution in [0.2, 0.25) is 0 Å². The van der Waals surface area contributed by atoms with Gasteiger partial charge in [-0.05, 0) is 129 Å². The number of nitrogens with zero attached hydrogens (tertiary/aromatic N) is 26. The van der Waals surface area contributed by atoms with Gasteiger partial charge in [0.15, 0.2) is 46.2 Å². The Morgan fingerprint density at radius 1 is 0.388 bits per heavy atom. The van der Waals surface area contributed by atoms with E-state index in [1.165, 1.54) is 63.4 Å². The molecule has 4 N–H and O–H groups in total. The summed E-state index contributed by atoms with van der Waals surface area (Å²) < 4.78 is 66.7. The molecule has 0 aliphatic carbocycles. The second-order valence-electron chi connectivity index (χ2n) is 29.5. The van der Waals surface area contributed by atoms with E-state index in [4.69, 9.17) is 9.97 Å². The van der Waals surface area contributed by atoms with Crippen molar-refractivity contribution in [2.24, 2.45) is 0 Å². The summed E-state index contributed by atoms with van der Waals surface area (Å²) in [5.41, 5.74) is 8.05. The Bertz CT molecular complexity index is 6390. The van der Waals surface area contributed by atoms with Crippen molar-refractivity contribution in [1.82, 2.24) is 128 Å². The molecule has 20 rings (SSSR count). The van der Waals surface area contributed by atoms with Gasteiger partial charge in [0, 0.05) is 157 Å². The number of nitrogens with one attached hydrogen (secondary N) is 4. The number of hydrogen-bond acceptors (Lipinski definition) is 22. The number of amides is 4. The van der Waals surface area contributed by atoms with Crippen molar-refractivity contribution in [3.63, 3.8) is 0 Å². The number of aryl methyl sites for hydroxylation is 1. The van der Waals surface area contributed by atoms with Gasteiger partial charge >= 0.3 is 0 Å². The van der Waals surface area contributed by atoms with E-state index in [1.807, 2.05) is 88.4 Å². The number of aromatic nitrogens is 22. The maximum absolute atomic E-state index is 13.4. The van der Waals surface area contributed by atoms with Crippen LogP contribution in [0.5, 0.6) is 0 Å². The highest BCUT2D eigenvalue weighted by Crippen LogP contribution is 2.30. The third kappa shape index (κ3) is 17.5. The van der Waals surface area contributed by atoms with Crippen molar-refractivity contribution in [3.8, 4) is 22.7 Å². The molecule has 4 aromatic carbocycles. The molecule has 0 spiro atoms. The first-order chi connectivity index (χ1) is 58.9. The van der Waals surface area contributed by atoms with Gasteiger partial charge in [0.05, 0.1) is 45.2 Å². The predicted molar refractivity (Wildman–Crippen MR) is 437 cm³/mol. The summed E-state index contributed by atoms with van der Waals surface area (Å²) in [7, 11) is 0. The molecule has 4 aliphatic heterocycles. The van der Waals surface area contributed by atoms with Gasteiger partial charge in [-0.1, -0.05) is 45.0 Å². The average molecular weight is 1640 g/mol. The zero-order valence-electron chi connectivity index (χ0n) is 65.6. The molecule has 614 valence electrons. The summed E-state index contributed by atoms with van der Waals surface area (Å²) >= 11 is 0. The highest BCUT2D eigenvalue weighted by Gasteiger charge is 2.33. The zero-order valence-corrected chi connectivity index (χ0v) is 65.6. The molecule has 0 bridgehead atoms. The topological polar surface area (TPSA) is 347 Å². The molecule has 121 heavy (non-hydrogen) atoms. The molecule has 4 saturated heterocycles. The highest BCUT2D eigenvalue weighted by molar-refractivity contribution is 5.92. The van der Waals surface area contributed by atoms with Crippen LogP contribution in [-0.4, -0.2) is 207 Å². The van der Waals surface area contributed by atoms with E-state index in [0.29, 0.717) is 43.5 Å². The standard InChI is InChI=1S/C23H24FN7O.C22H23N7O.C19H16F2N8O.C19H17FN8O/c1-15(2)19-13-29-10-3-4-20(29)22(27-19)30-11-9-17(12-30)26-23(32)21-25-14-31(28-21)18-7-5-16(24)6-8-18;1-2-16-13-27-11-6-9-19(27)21(24-16)28-12-10-17(14-28)25-22(30)20-23-15-29(26-20)18-7-4-3-5-8-18;20-14-2-1-13(9-15(14)21)29-11-24-16(26-29)19(30)25-12-3-6-28(10-12)18-17-22-4-7-27(17)8-5-23-18;20-13-2-1-3-15(10-13)28-12-23-16(25-28)19(29)24-14-4-7-27(11-14)18-17-21-5-8-26(17)9-6-22-18/h3-8,10,13-15,17H,9,11-12H2,1-2H3,(H,26,32);3-9,11,13,15,17H,2,10,12,14H2,1H3,(H,25,30);1-2,4-5,7-9,11-12H,3,6,10H2,(H,25,30);1-3,5-6,8-10,12,14H,4,7,11H2,(H,24,29)/t2*17-;12-;14-/m0000/s1. The van der Waals surface area contributed by atoms with Crippen molar-refractivity contribution < 1.29 is 36.7 Å². The second kappa shape index (κ2) is 34.6. The van der Waals surface area contributed by atoms with Gasteiger partial charge in [0.25, 0.3) is 23.6 Å². The fraction of sp³-hybridized carbons (Fsp3) is 0.253. The van der Waals surface area contributed by atoms with Crippen LogP contribution < -0.4 is 40.9 Å². The molecule has 0 radical (unpaired) electrons. The number of imidazole rings is 2. The number of halogens is 4. The molecule has 4 atom stereocenters. The quantitative estimate of drug-likeness (QED) is 0.0583. The van der Waals surface area contributed by atoms with E-state index in [1.54, 1.807) is 60.1 Å². The second-order valence-corrected chi connectivity index (χ2v) is 29.5. The minimum Gasteiger partial charge on any atom is -0.353 e. The van der Waals surface area contributed by atoms with Gasteiger partial charge in [-0.15, -0.1) is 20.4 Å². The lowest BCUT2D eigenvalue weighted by Gasteiger charge is -2.21. The van der Waals surface area contributed by atoms with E-state index >= 15 is 0 Å². The fourth-order valence-electron chi connectivity index (χ4n) is 14.8. The first-order valence-corrected chi connectivity index (χ1v) is 39.4. The first kappa shape index (κ1) is 78.4. The van der Waals surface area contributed by atoms with Crippen molar-refractivity contribution in [2.45, 2.75) is 83.0 Å². The van der Waals surface area contributed by atoms with Gasteiger partial charge in [-0.3, -0.25) is 19.2 Å². The number of para-hydroxylation sites is 1. The molecular formula is C83H80F4N30O4. The van der Waals surface area contributed by atoms with Crippen LogP contribution in [-0.2, 0) is 6.42 Å². The van der Waals surface area contributed by atoms with Crippen LogP contribution in [0.15, 0.2) is 221 Å². The predicted octanol–water partition coefficient (Wildman–Crippen LogP) is 8.73. The smallest absolute Gasteiger partial charge is 0.291 e. The van der Waals surface area contributed by atoms with Crippen LogP contribution in [0, 0.1) is 23.3 Å². The van der Waals surface area contributed by atoms with Crippen molar-refractivity contribution >= 4 is 69.2 Å². The summed E-state index contributed by atoms with van der Waals surface area (Å²) in [6.07, 6.45) is 32.3. The van der Waals surface area contributed by atoms with E-state index < -0.39 is 17.5 Å². The largest absolute Gasteiger partial charge is 0.353 e. The van der Waals surface area contributed by atoms with E-state index in [-0.39, 0.29) is 82.5 Å². The summed E-state index contributed by atoms with van der Waals surface area (Å²) in [4.78, 5) is 103. The molecule has 4 aliphatic rings. The number of anilines is 4. The number of rotatable bonds is 18. The first-order valence-electron chi connectivity index (χ1n) is 39.4. The Morgan fingerprint density at radius 2 is 0.793 bits per heavy atom. The number of benzene rings is 4. The average Bonchev–Trinajstić information content (AvgIpc) is 1.68. The maximum atomic E-state index is 13.4. The molecule has 34 nitrogen and oxygen atoms in total. The van der Waals surface area contributed by atoms with Crippen molar-refractivity contribution in [2.75, 3.05) is 72.0 Å². The number of fused-ring (bicyclic) bond motifs is 4. The van der Waals surface area contributed by atoms with Gasteiger partial charge < -0.3 is 58.5 Å². The SMILES string of the molecule is CC(C)c1cn2cccc2c(N2CC[C@H](NC(=O)c3ncn(-c4ccc(F)cc4)n3)C2)n1.CCc1cn2cccc2c(N2CC[C@H](NC(=O)c3ncn(-c4ccccc4)n3)C2)n1.O=C(N[C@H]1CCN(c2nccn3ccnc23)C1)c1ncn(-c2ccc(F)c(F)c2)n1.O=C(N[C@H]1CCN(c2nccn3ccnc23)C1)c1ncn(-c2cccc(F)c2)n1. The fourth-order valence-corrected chi connectivity index (χ4v) is 14.8. The van der Waals surface area contributed by atoms with E-state index in [2.05, 4.69) is 155 Å². The summed E-state index contributed by atoms with van der Waals surface area (Å²) in [6, 6.07) is 32.8. The van der Waals surface area contributed by atoms with Gasteiger partial charge in [0.2, 0.25) is 23.3 Å². The molecule has 0 saturated carbocycles. The minimum atomic E-state index is -0.999. The normalized spacial score (nSPS) is 16.3. The van der Waals surface area contributed by atoms with Gasteiger partial charge in [-0.25, -0.2) is 86.1 Å². The zero-order chi connectivity index (χ0) is 83.2. The van der Waals surface area contributed by atoms with Crippen LogP contribution in [0.3, 0.4) is 0 Å². The molecule has 16 aromatic rings. The molecule has 12 aromatic heterocycles.